The molecule has 6 heteroatoms. The van der Waals surface area contributed by atoms with Gasteiger partial charge in [0.05, 0.1) is 19.7 Å². The topological polar surface area (TPSA) is 76.2 Å². The lowest BCUT2D eigenvalue weighted by molar-refractivity contribution is 0.0537. The van der Waals surface area contributed by atoms with Crippen LogP contribution in [0.3, 0.4) is 0 Å². The molecule has 4 rings (SSSR count). The maximum atomic E-state index is 12.1. The Morgan fingerprint density at radius 3 is 2.78 bits per heavy atom. The largest absolute Gasteiger partial charge is 0.495 e. The van der Waals surface area contributed by atoms with Crippen LogP contribution in [-0.2, 0) is 4.84 Å². The highest BCUT2D eigenvalue weighted by atomic mass is 16.6. The summed E-state index contributed by atoms with van der Waals surface area (Å²) in [7, 11) is 3.06. The van der Waals surface area contributed by atoms with E-state index in [0.29, 0.717) is 5.56 Å². The molecule has 6 nitrogen and oxygen atoms in total. The number of aryl methyl sites for hydroxylation is 1. The van der Waals surface area contributed by atoms with Gasteiger partial charge in [0.2, 0.25) is 0 Å². The van der Waals surface area contributed by atoms with Gasteiger partial charge >= 0.3 is 0 Å². The minimum Gasteiger partial charge on any atom is -0.495 e. The van der Waals surface area contributed by atoms with Crippen LogP contribution in [0.15, 0.2) is 48.7 Å². The third-order valence-corrected chi connectivity index (χ3v) is 4.55. The summed E-state index contributed by atoms with van der Waals surface area (Å²) >= 11 is 0. The number of methoxy groups -OCH3 is 1. The van der Waals surface area contributed by atoms with Gasteiger partial charge in [-0.05, 0) is 53.9 Å². The summed E-state index contributed by atoms with van der Waals surface area (Å²) in [6, 6.07) is 13.5. The average Bonchev–Trinajstić information content (AvgIpc) is 3.06. The first-order valence-electron chi connectivity index (χ1n) is 8.51. The van der Waals surface area contributed by atoms with E-state index in [1.807, 2.05) is 43.5 Å². The second-order valence-electron chi connectivity index (χ2n) is 6.32. The Morgan fingerprint density at radius 2 is 2.00 bits per heavy atom. The molecule has 2 aromatic heterocycles. The predicted octanol–water partition coefficient (Wildman–Crippen LogP) is 3.99. The van der Waals surface area contributed by atoms with Crippen molar-refractivity contribution in [3.05, 3.63) is 59.8 Å². The van der Waals surface area contributed by atoms with E-state index in [0.717, 1.165) is 44.4 Å². The predicted molar refractivity (Wildman–Crippen MR) is 105 cm³/mol. The number of ether oxygens (including phenoxy) is 1. The molecule has 0 atom stereocenters. The third kappa shape index (κ3) is 2.90. The lowest BCUT2D eigenvalue weighted by Crippen LogP contribution is -2.21. The molecule has 2 heterocycles. The Hall–Kier alpha value is -3.38. The molecule has 2 N–H and O–H groups in total. The number of aromatic amines is 1. The lowest BCUT2D eigenvalue weighted by atomic mass is 9.97. The number of carbonyl (C=O) groups is 1. The number of aromatic nitrogens is 2. The zero-order chi connectivity index (χ0) is 19.0. The van der Waals surface area contributed by atoms with Gasteiger partial charge in [-0.25, -0.2) is 10.5 Å². The summed E-state index contributed by atoms with van der Waals surface area (Å²) in [5.74, 6) is 0.457. The smallest absolute Gasteiger partial charge is 0.274 e. The van der Waals surface area contributed by atoms with Gasteiger partial charge < -0.3 is 9.72 Å². The second-order valence-corrected chi connectivity index (χ2v) is 6.32. The van der Waals surface area contributed by atoms with Crippen LogP contribution in [0.25, 0.3) is 33.1 Å². The van der Waals surface area contributed by atoms with E-state index in [9.17, 15) is 4.79 Å². The fourth-order valence-electron chi connectivity index (χ4n) is 3.36. The Morgan fingerprint density at radius 1 is 1.15 bits per heavy atom. The molecule has 0 spiro atoms. The molecule has 0 fully saturated rings. The number of rotatable bonds is 4. The van der Waals surface area contributed by atoms with Crippen molar-refractivity contribution in [1.29, 1.82) is 0 Å². The van der Waals surface area contributed by atoms with Gasteiger partial charge in [-0.3, -0.25) is 9.63 Å². The van der Waals surface area contributed by atoms with E-state index in [1.165, 1.54) is 7.11 Å². The van der Waals surface area contributed by atoms with Crippen molar-refractivity contribution in [3.63, 3.8) is 0 Å². The fourth-order valence-corrected chi connectivity index (χ4v) is 3.36. The van der Waals surface area contributed by atoms with E-state index >= 15 is 0 Å². The van der Waals surface area contributed by atoms with Gasteiger partial charge in [0.15, 0.2) is 0 Å². The van der Waals surface area contributed by atoms with E-state index < -0.39 is 0 Å². The molecule has 0 aliphatic carbocycles. The summed E-state index contributed by atoms with van der Waals surface area (Å²) in [4.78, 5) is 24.7. The van der Waals surface area contributed by atoms with Crippen molar-refractivity contribution in [1.82, 2.24) is 15.4 Å². The van der Waals surface area contributed by atoms with Gasteiger partial charge in [0.1, 0.15) is 11.4 Å². The number of pyridine rings is 1. The van der Waals surface area contributed by atoms with Crippen molar-refractivity contribution < 1.29 is 14.4 Å². The molecule has 27 heavy (non-hydrogen) atoms. The van der Waals surface area contributed by atoms with Crippen LogP contribution in [0.2, 0.25) is 0 Å². The molecule has 0 saturated heterocycles. The first-order valence-corrected chi connectivity index (χ1v) is 8.51. The molecule has 0 aliphatic rings. The molecule has 0 aliphatic heterocycles. The molecule has 0 bridgehead atoms. The van der Waals surface area contributed by atoms with Crippen LogP contribution >= 0.6 is 0 Å². The number of hydrogen-bond acceptors (Lipinski definition) is 4. The summed E-state index contributed by atoms with van der Waals surface area (Å²) < 4.78 is 5.53. The number of hydrogen-bond donors (Lipinski definition) is 2. The minimum atomic E-state index is -0.291. The quantitative estimate of drug-likeness (QED) is 0.539. The molecule has 4 aromatic rings. The summed E-state index contributed by atoms with van der Waals surface area (Å²) in [5, 5.41) is 2.04. The van der Waals surface area contributed by atoms with Crippen LogP contribution in [0, 0.1) is 6.92 Å². The molecular weight excluding hydrogens is 342 g/mol. The maximum absolute atomic E-state index is 12.1. The highest BCUT2D eigenvalue weighted by Gasteiger charge is 2.16. The zero-order valence-electron chi connectivity index (χ0n) is 15.3. The first kappa shape index (κ1) is 17.1. The van der Waals surface area contributed by atoms with Gasteiger partial charge in [0, 0.05) is 22.5 Å². The number of nitrogens with one attached hydrogen (secondary N) is 2. The fraction of sp³-hybridized carbons (Fsp3) is 0.143. The van der Waals surface area contributed by atoms with Gasteiger partial charge in [-0.15, -0.1) is 0 Å². The highest BCUT2D eigenvalue weighted by molar-refractivity contribution is 6.15. The van der Waals surface area contributed by atoms with Crippen LogP contribution in [0.4, 0.5) is 0 Å². The Balaban J connectivity index is 2.00. The van der Waals surface area contributed by atoms with Gasteiger partial charge in [-0.1, -0.05) is 12.1 Å². The molecule has 0 unspecified atom stereocenters. The van der Waals surface area contributed by atoms with Crippen molar-refractivity contribution in [2.75, 3.05) is 14.2 Å². The number of amides is 1. The summed E-state index contributed by atoms with van der Waals surface area (Å²) in [6.07, 6.45) is 1.83. The average molecular weight is 361 g/mol. The van der Waals surface area contributed by atoms with Crippen molar-refractivity contribution in [3.8, 4) is 16.9 Å². The van der Waals surface area contributed by atoms with Gasteiger partial charge in [-0.2, -0.15) is 0 Å². The van der Waals surface area contributed by atoms with Crippen LogP contribution in [0.5, 0.6) is 5.75 Å². The Kier molecular flexibility index (Phi) is 4.25. The molecule has 0 radical (unpaired) electrons. The lowest BCUT2D eigenvalue weighted by Gasteiger charge is -2.10. The maximum Gasteiger partial charge on any atom is 0.274 e. The number of carbonyl (C=O) groups excluding carboxylic acids is 1. The molecule has 0 saturated carbocycles. The molecule has 1 amide bonds. The standard InChI is InChI=1S/C21H19N3O3/c1-12-9-16-18-15(13-5-4-6-14(10-13)21(25)24-27-3)7-8-17(26-2)19(18)23-20(16)22-11-12/h4-11H,1-3H3,(H,22,23)(H,24,25). The number of hydroxylamine groups is 1. The molecule has 2 aromatic carbocycles. The van der Waals surface area contributed by atoms with Crippen molar-refractivity contribution in [2.45, 2.75) is 6.92 Å². The SMILES string of the molecule is CONC(=O)c1cccc(-c2ccc(OC)c3[nH]c4ncc(C)cc4c23)c1. The molecular formula is C21H19N3O3. The van der Waals surface area contributed by atoms with Crippen LogP contribution in [-0.4, -0.2) is 30.1 Å². The summed E-state index contributed by atoms with van der Waals surface area (Å²) in [5.41, 5.74) is 7.55. The summed E-state index contributed by atoms with van der Waals surface area (Å²) in [6.45, 7) is 2.01. The second kappa shape index (κ2) is 6.74. The van der Waals surface area contributed by atoms with E-state index in [-0.39, 0.29) is 5.91 Å². The molecule has 136 valence electrons. The minimum absolute atomic E-state index is 0.291. The van der Waals surface area contributed by atoms with Crippen molar-refractivity contribution in [2.24, 2.45) is 0 Å². The zero-order valence-corrected chi connectivity index (χ0v) is 15.3. The number of H-pyrrole nitrogens is 1. The van der Waals surface area contributed by atoms with Crippen molar-refractivity contribution >= 4 is 27.8 Å². The van der Waals surface area contributed by atoms with E-state index in [1.54, 1.807) is 13.2 Å². The third-order valence-electron chi connectivity index (χ3n) is 4.55. The van der Waals surface area contributed by atoms with Gasteiger partial charge in [0.25, 0.3) is 5.91 Å². The number of fused-ring (bicyclic) bond motifs is 3. The van der Waals surface area contributed by atoms with E-state index in [4.69, 9.17) is 9.57 Å². The normalized spacial score (nSPS) is 11.1. The monoisotopic (exact) mass is 361 g/mol. The van der Waals surface area contributed by atoms with Crippen LogP contribution < -0.4 is 10.2 Å². The number of nitrogens with zero attached hydrogens (tertiary/aromatic N) is 1. The first-order chi connectivity index (χ1) is 13.1. The Bertz CT molecular complexity index is 1160. The highest BCUT2D eigenvalue weighted by Crippen LogP contribution is 2.39. The van der Waals surface area contributed by atoms with Crippen LogP contribution in [0.1, 0.15) is 15.9 Å². The van der Waals surface area contributed by atoms with E-state index in [2.05, 4.69) is 21.5 Å². The number of benzene rings is 2. The Labute approximate surface area is 156 Å².